The monoisotopic (exact) mass is 280 g/mol. The van der Waals surface area contributed by atoms with Gasteiger partial charge in [-0.05, 0) is 47.0 Å². The summed E-state index contributed by atoms with van der Waals surface area (Å²) in [5, 5.41) is 12.4. The lowest BCUT2D eigenvalue weighted by atomic mass is 10.1. The molecule has 0 saturated carbocycles. The average Bonchev–Trinajstić information content (AvgIpc) is 2.33. The van der Waals surface area contributed by atoms with Gasteiger partial charge in [0.25, 0.3) is 0 Å². The van der Waals surface area contributed by atoms with Crippen molar-refractivity contribution in [2.75, 3.05) is 18.5 Å². The van der Waals surface area contributed by atoms with Crippen LogP contribution in [0.1, 0.15) is 18.4 Å². The zero-order valence-electron chi connectivity index (χ0n) is 8.87. The normalized spacial score (nSPS) is 16.8. The van der Waals surface area contributed by atoms with E-state index in [0.717, 1.165) is 36.2 Å². The van der Waals surface area contributed by atoms with Crippen LogP contribution in [0.2, 0.25) is 0 Å². The summed E-state index contributed by atoms with van der Waals surface area (Å²) in [4.78, 5) is 0. The molecule has 1 aliphatic rings. The molecule has 1 aliphatic heterocycles. The Hall–Kier alpha value is -1.05. The maximum Gasteiger partial charge on any atom is 0.100 e. The summed E-state index contributed by atoms with van der Waals surface area (Å²) in [5.74, 6) is 0. The van der Waals surface area contributed by atoms with Gasteiger partial charge in [-0.3, -0.25) is 0 Å². The van der Waals surface area contributed by atoms with E-state index in [1.54, 1.807) is 0 Å². The highest BCUT2D eigenvalue weighted by molar-refractivity contribution is 9.10. The van der Waals surface area contributed by atoms with Crippen molar-refractivity contribution in [1.29, 1.82) is 5.26 Å². The van der Waals surface area contributed by atoms with E-state index in [2.05, 4.69) is 27.3 Å². The first-order valence-corrected chi connectivity index (χ1v) is 6.13. The minimum absolute atomic E-state index is 0.460. The van der Waals surface area contributed by atoms with Crippen molar-refractivity contribution >= 4 is 21.6 Å². The summed E-state index contributed by atoms with van der Waals surface area (Å²) in [7, 11) is 0. The van der Waals surface area contributed by atoms with Gasteiger partial charge in [-0.1, -0.05) is 0 Å². The van der Waals surface area contributed by atoms with E-state index in [4.69, 9.17) is 10.00 Å². The third-order valence-corrected chi connectivity index (χ3v) is 3.37. The number of halogens is 1. The molecule has 0 spiro atoms. The zero-order chi connectivity index (χ0) is 11.4. The molecule has 0 atom stereocenters. The Labute approximate surface area is 104 Å². The molecular weight excluding hydrogens is 268 g/mol. The van der Waals surface area contributed by atoms with E-state index in [-0.39, 0.29) is 0 Å². The summed E-state index contributed by atoms with van der Waals surface area (Å²) in [6, 6.07) is 8.39. The van der Waals surface area contributed by atoms with E-state index in [0.29, 0.717) is 11.6 Å². The van der Waals surface area contributed by atoms with Crippen molar-refractivity contribution in [2.24, 2.45) is 0 Å². The SMILES string of the molecule is N#Cc1cc(NC2CCOCC2)ccc1Br. The van der Waals surface area contributed by atoms with Crippen molar-refractivity contribution in [1.82, 2.24) is 0 Å². The second kappa shape index (κ2) is 5.33. The molecular formula is C12H13BrN2O. The van der Waals surface area contributed by atoms with Crippen molar-refractivity contribution in [3.8, 4) is 6.07 Å². The van der Waals surface area contributed by atoms with Crippen LogP contribution in [0.4, 0.5) is 5.69 Å². The van der Waals surface area contributed by atoms with Gasteiger partial charge in [0.15, 0.2) is 0 Å². The molecule has 1 heterocycles. The third kappa shape index (κ3) is 2.75. The highest BCUT2D eigenvalue weighted by Gasteiger charge is 2.13. The lowest BCUT2D eigenvalue weighted by molar-refractivity contribution is 0.0904. The summed E-state index contributed by atoms with van der Waals surface area (Å²) >= 11 is 3.35. The maximum atomic E-state index is 8.92. The van der Waals surface area contributed by atoms with Crippen LogP contribution in [0.5, 0.6) is 0 Å². The third-order valence-electron chi connectivity index (χ3n) is 2.68. The number of nitrogens with one attached hydrogen (secondary N) is 1. The van der Waals surface area contributed by atoms with Gasteiger partial charge in [0, 0.05) is 29.4 Å². The number of benzene rings is 1. The summed E-state index contributed by atoms with van der Waals surface area (Å²) in [6.45, 7) is 1.64. The van der Waals surface area contributed by atoms with E-state index >= 15 is 0 Å². The van der Waals surface area contributed by atoms with Crippen LogP contribution in [-0.2, 0) is 4.74 Å². The smallest absolute Gasteiger partial charge is 0.100 e. The number of ether oxygens (including phenoxy) is 1. The van der Waals surface area contributed by atoms with Crippen LogP contribution < -0.4 is 5.32 Å². The molecule has 0 aromatic heterocycles. The van der Waals surface area contributed by atoms with Crippen molar-refractivity contribution in [2.45, 2.75) is 18.9 Å². The Kier molecular flexibility index (Phi) is 3.81. The molecule has 1 N–H and O–H groups in total. The van der Waals surface area contributed by atoms with E-state index in [1.807, 2.05) is 18.2 Å². The highest BCUT2D eigenvalue weighted by Crippen LogP contribution is 2.22. The molecule has 0 bridgehead atoms. The fraction of sp³-hybridized carbons (Fsp3) is 0.417. The molecule has 84 valence electrons. The second-order valence-corrected chi connectivity index (χ2v) is 4.69. The maximum absolute atomic E-state index is 8.92. The number of rotatable bonds is 2. The van der Waals surface area contributed by atoms with E-state index in [9.17, 15) is 0 Å². The van der Waals surface area contributed by atoms with Gasteiger partial charge in [-0.15, -0.1) is 0 Å². The molecule has 2 rings (SSSR count). The topological polar surface area (TPSA) is 45.0 Å². The second-order valence-electron chi connectivity index (χ2n) is 3.84. The Morgan fingerprint density at radius 2 is 2.12 bits per heavy atom. The largest absolute Gasteiger partial charge is 0.382 e. The highest BCUT2D eigenvalue weighted by atomic mass is 79.9. The fourth-order valence-corrected chi connectivity index (χ4v) is 2.11. The first-order chi connectivity index (χ1) is 7.79. The lowest BCUT2D eigenvalue weighted by Gasteiger charge is -2.24. The van der Waals surface area contributed by atoms with Crippen LogP contribution in [0.3, 0.4) is 0 Å². The van der Waals surface area contributed by atoms with Gasteiger partial charge in [0.2, 0.25) is 0 Å². The Morgan fingerprint density at radius 3 is 2.81 bits per heavy atom. The lowest BCUT2D eigenvalue weighted by Crippen LogP contribution is -2.27. The predicted molar refractivity (Wildman–Crippen MR) is 66.3 cm³/mol. The molecule has 16 heavy (non-hydrogen) atoms. The Morgan fingerprint density at radius 1 is 1.38 bits per heavy atom. The van der Waals surface area contributed by atoms with Crippen LogP contribution in [0, 0.1) is 11.3 Å². The molecule has 4 heteroatoms. The van der Waals surface area contributed by atoms with Crippen molar-refractivity contribution in [3.05, 3.63) is 28.2 Å². The first kappa shape index (κ1) is 11.4. The molecule has 0 aliphatic carbocycles. The molecule has 1 fully saturated rings. The minimum atomic E-state index is 0.460. The molecule has 0 amide bonds. The predicted octanol–water partition coefficient (Wildman–Crippen LogP) is 2.91. The van der Waals surface area contributed by atoms with Gasteiger partial charge in [-0.2, -0.15) is 5.26 Å². The molecule has 0 unspecified atom stereocenters. The molecule has 1 saturated heterocycles. The number of hydrogen-bond donors (Lipinski definition) is 1. The van der Waals surface area contributed by atoms with Crippen LogP contribution >= 0.6 is 15.9 Å². The van der Waals surface area contributed by atoms with Crippen molar-refractivity contribution in [3.63, 3.8) is 0 Å². The van der Waals surface area contributed by atoms with Crippen LogP contribution in [-0.4, -0.2) is 19.3 Å². The number of nitrogens with zero attached hydrogens (tertiary/aromatic N) is 1. The van der Waals surface area contributed by atoms with Crippen LogP contribution in [0.25, 0.3) is 0 Å². The van der Waals surface area contributed by atoms with Gasteiger partial charge in [0.05, 0.1) is 5.56 Å². The van der Waals surface area contributed by atoms with Gasteiger partial charge < -0.3 is 10.1 Å². The average molecular weight is 281 g/mol. The van der Waals surface area contributed by atoms with Gasteiger partial charge in [-0.25, -0.2) is 0 Å². The molecule has 3 nitrogen and oxygen atoms in total. The number of nitriles is 1. The summed E-state index contributed by atoms with van der Waals surface area (Å²) in [5.41, 5.74) is 1.67. The summed E-state index contributed by atoms with van der Waals surface area (Å²) in [6.07, 6.45) is 2.05. The van der Waals surface area contributed by atoms with E-state index < -0.39 is 0 Å². The molecule has 0 radical (unpaired) electrons. The first-order valence-electron chi connectivity index (χ1n) is 5.33. The molecule has 1 aromatic carbocycles. The standard InChI is InChI=1S/C12H13BrN2O/c13-12-2-1-11(7-9(12)8-14)15-10-3-5-16-6-4-10/h1-2,7,10,15H,3-6H2. The van der Waals surface area contributed by atoms with Gasteiger partial charge >= 0.3 is 0 Å². The number of hydrogen-bond acceptors (Lipinski definition) is 3. The number of anilines is 1. The van der Waals surface area contributed by atoms with E-state index in [1.165, 1.54) is 0 Å². The van der Waals surface area contributed by atoms with Crippen molar-refractivity contribution < 1.29 is 4.74 Å². The Balaban J connectivity index is 2.06. The van der Waals surface area contributed by atoms with Gasteiger partial charge in [0.1, 0.15) is 6.07 Å². The van der Waals surface area contributed by atoms with Crippen LogP contribution in [0.15, 0.2) is 22.7 Å². The quantitative estimate of drug-likeness (QED) is 0.906. The fourth-order valence-electron chi connectivity index (χ4n) is 1.78. The zero-order valence-corrected chi connectivity index (χ0v) is 10.5. The Bertz CT molecular complexity index is 408. The summed E-state index contributed by atoms with van der Waals surface area (Å²) < 4.78 is 6.14. The minimum Gasteiger partial charge on any atom is -0.382 e. The molecule has 1 aromatic rings.